The zero-order valence-electron chi connectivity index (χ0n) is 25.0. The van der Waals surface area contributed by atoms with Crippen molar-refractivity contribution in [1.29, 1.82) is 5.41 Å². The molecule has 258 valence electrons. The lowest BCUT2D eigenvalue weighted by Crippen LogP contribution is -2.50. The lowest BCUT2D eigenvalue weighted by Gasteiger charge is -2.33. The molecule has 13 nitrogen and oxygen atoms in total. The van der Waals surface area contributed by atoms with Crippen molar-refractivity contribution in [2.45, 2.75) is 76.8 Å². The number of guanidine groups is 1. The molecule has 2 aromatic rings. The van der Waals surface area contributed by atoms with E-state index in [-0.39, 0.29) is 29.8 Å². The van der Waals surface area contributed by atoms with E-state index in [2.05, 4.69) is 32.8 Å². The number of aromatic nitrogens is 2. The number of aryl methyl sites for hydroxylation is 1. The zero-order chi connectivity index (χ0) is 35.1. The van der Waals surface area contributed by atoms with Gasteiger partial charge in [-0.25, -0.2) is 19.6 Å². The van der Waals surface area contributed by atoms with Crippen LogP contribution in [-0.4, -0.2) is 88.2 Å². The number of halogens is 6. The van der Waals surface area contributed by atoms with Crippen LogP contribution in [0, 0.1) is 12.3 Å². The largest absolute Gasteiger partial charge is 0.490 e. The molecule has 0 spiro atoms. The maximum atomic E-state index is 12.7. The van der Waals surface area contributed by atoms with Crippen LogP contribution < -0.4 is 21.7 Å². The van der Waals surface area contributed by atoms with Crippen molar-refractivity contribution in [2.75, 3.05) is 25.1 Å². The first-order chi connectivity index (χ1) is 21.4. The van der Waals surface area contributed by atoms with Gasteiger partial charge in [0, 0.05) is 37.2 Å². The second kappa shape index (κ2) is 18.5. The normalized spacial score (nSPS) is 16.2. The van der Waals surface area contributed by atoms with Gasteiger partial charge in [0.05, 0.1) is 5.52 Å². The Hall–Kier alpha value is -4.42. The summed E-state index contributed by atoms with van der Waals surface area (Å²) in [7, 11) is 0. The van der Waals surface area contributed by atoms with E-state index in [9.17, 15) is 31.1 Å². The lowest BCUT2D eigenvalue weighted by molar-refractivity contribution is -0.193. The van der Waals surface area contributed by atoms with Gasteiger partial charge in [0.1, 0.15) is 5.82 Å². The molecule has 19 heteroatoms. The standard InChI is InChI=1S/C23H35N7O2.2C2HF3O2/c1-3-12-32-13-6-11-26-22(31)21-27-17-10-9-15(2)14-16(17)20(30-21)28-18-7-4-5-8-19(18)29-23(24)25;2*3-2(4,5)1(6)7/h9-10,14,18-19H,3-8,11-13H2,1-2H3,(H,26,31)(H4,24,25,29)(H,27,28,30);2*(H,6,7). The molecule has 0 radical (unpaired) electrons. The number of rotatable bonds is 10. The maximum absolute atomic E-state index is 12.7. The average Bonchev–Trinajstić information content (AvgIpc) is 2.95. The van der Waals surface area contributed by atoms with E-state index in [4.69, 9.17) is 35.7 Å². The fraction of sp³-hybridized carbons (Fsp3) is 0.556. The molecular formula is C27H37F6N7O6. The molecule has 1 heterocycles. The highest BCUT2D eigenvalue weighted by molar-refractivity contribution is 5.96. The van der Waals surface area contributed by atoms with Gasteiger partial charge in [0.15, 0.2) is 5.96 Å². The summed E-state index contributed by atoms with van der Waals surface area (Å²) < 4.78 is 68.9. The summed E-state index contributed by atoms with van der Waals surface area (Å²) in [6.45, 7) is 5.94. The number of carbonyl (C=O) groups is 3. The van der Waals surface area contributed by atoms with Gasteiger partial charge in [-0.3, -0.25) is 10.2 Å². The topological polar surface area (TPSA) is 213 Å². The van der Waals surface area contributed by atoms with Crippen molar-refractivity contribution in [1.82, 2.24) is 20.6 Å². The summed E-state index contributed by atoms with van der Waals surface area (Å²) in [5, 5.41) is 32.2. The number of alkyl halides is 6. The number of amides is 1. The number of carboxylic acid groups (broad SMARTS) is 2. The van der Waals surface area contributed by atoms with Gasteiger partial charge in [-0.1, -0.05) is 31.4 Å². The fourth-order valence-electron chi connectivity index (χ4n) is 4.01. The van der Waals surface area contributed by atoms with Gasteiger partial charge < -0.3 is 36.6 Å². The third kappa shape index (κ3) is 14.6. The van der Waals surface area contributed by atoms with Gasteiger partial charge >= 0.3 is 24.3 Å². The molecule has 1 saturated carbocycles. The second-order valence-corrected chi connectivity index (χ2v) is 9.94. The number of benzene rings is 1. The maximum Gasteiger partial charge on any atom is 0.490 e. The number of hydrogen-bond acceptors (Lipinski definition) is 8. The molecule has 1 aromatic heterocycles. The Labute approximate surface area is 259 Å². The number of nitrogens with zero attached hydrogens (tertiary/aromatic N) is 2. The Morgan fingerprint density at radius 1 is 1.00 bits per heavy atom. The van der Waals surface area contributed by atoms with Crippen molar-refractivity contribution >= 4 is 40.5 Å². The van der Waals surface area contributed by atoms with Crippen molar-refractivity contribution in [2.24, 2.45) is 5.73 Å². The second-order valence-electron chi connectivity index (χ2n) is 9.94. The van der Waals surface area contributed by atoms with Crippen molar-refractivity contribution in [3.63, 3.8) is 0 Å². The Morgan fingerprint density at radius 2 is 1.57 bits per heavy atom. The predicted molar refractivity (Wildman–Crippen MR) is 154 cm³/mol. The molecule has 2 unspecified atom stereocenters. The van der Waals surface area contributed by atoms with Gasteiger partial charge in [0.25, 0.3) is 5.91 Å². The van der Waals surface area contributed by atoms with Crippen molar-refractivity contribution in [3.05, 3.63) is 29.6 Å². The van der Waals surface area contributed by atoms with Gasteiger partial charge in [0.2, 0.25) is 5.82 Å². The van der Waals surface area contributed by atoms with Crippen LogP contribution in [0.15, 0.2) is 18.2 Å². The van der Waals surface area contributed by atoms with Crippen molar-refractivity contribution in [3.8, 4) is 0 Å². The lowest BCUT2D eigenvalue weighted by atomic mass is 9.90. The number of nitrogens with one attached hydrogen (secondary N) is 4. The van der Waals surface area contributed by atoms with Crippen LogP contribution in [0.25, 0.3) is 10.9 Å². The van der Waals surface area contributed by atoms with E-state index in [1.54, 1.807) is 0 Å². The van der Waals surface area contributed by atoms with Gasteiger partial charge in [-0.15, -0.1) is 0 Å². The molecule has 3 rings (SSSR count). The summed E-state index contributed by atoms with van der Waals surface area (Å²) in [5.41, 5.74) is 7.41. The van der Waals surface area contributed by atoms with Crippen LogP contribution in [0.4, 0.5) is 32.2 Å². The van der Waals surface area contributed by atoms with E-state index in [0.29, 0.717) is 19.0 Å². The van der Waals surface area contributed by atoms with Gasteiger partial charge in [-0.2, -0.15) is 26.3 Å². The average molecular weight is 670 g/mol. The number of carbonyl (C=O) groups excluding carboxylic acids is 1. The number of anilines is 1. The SMILES string of the molecule is CCCOCCCNC(=O)c1nc(NC2CCCCC2NC(=N)N)c2cc(C)ccc2n1.O=C(O)C(F)(F)F.O=C(O)C(F)(F)F. The van der Waals surface area contributed by atoms with Crippen LogP contribution in [0.3, 0.4) is 0 Å². The first-order valence-corrected chi connectivity index (χ1v) is 14.0. The summed E-state index contributed by atoms with van der Waals surface area (Å²) in [5.74, 6) is -5.06. The molecular weight excluding hydrogens is 632 g/mol. The minimum absolute atomic E-state index is 0.0323. The van der Waals surface area contributed by atoms with Crippen LogP contribution >= 0.6 is 0 Å². The highest BCUT2D eigenvalue weighted by Crippen LogP contribution is 2.27. The van der Waals surface area contributed by atoms with E-state index in [1.807, 2.05) is 25.1 Å². The molecule has 2 atom stereocenters. The van der Waals surface area contributed by atoms with Crippen LogP contribution in [-0.2, 0) is 14.3 Å². The molecule has 1 aliphatic carbocycles. The molecule has 0 aliphatic heterocycles. The number of carboxylic acids is 2. The number of ether oxygens (including phenoxy) is 1. The van der Waals surface area contributed by atoms with E-state index in [0.717, 1.165) is 61.6 Å². The third-order valence-electron chi connectivity index (χ3n) is 6.07. The Balaban J connectivity index is 0.000000629. The molecule has 0 saturated heterocycles. The van der Waals surface area contributed by atoms with Crippen LogP contribution in [0.1, 0.15) is 61.6 Å². The van der Waals surface area contributed by atoms with Crippen LogP contribution in [0.5, 0.6) is 0 Å². The molecule has 46 heavy (non-hydrogen) atoms. The fourth-order valence-corrected chi connectivity index (χ4v) is 4.01. The molecule has 1 aromatic carbocycles. The summed E-state index contributed by atoms with van der Waals surface area (Å²) in [6, 6.07) is 6.01. The zero-order valence-corrected chi connectivity index (χ0v) is 25.0. The smallest absolute Gasteiger partial charge is 0.475 e. The first-order valence-electron chi connectivity index (χ1n) is 14.0. The highest BCUT2D eigenvalue weighted by Gasteiger charge is 2.39. The monoisotopic (exact) mass is 669 g/mol. The molecule has 1 fully saturated rings. The number of hydrogen-bond donors (Lipinski definition) is 7. The summed E-state index contributed by atoms with van der Waals surface area (Å²) in [6.07, 6.45) is -4.42. The first kappa shape index (κ1) is 39.6. The number of nitrogens with two attached hydrogens (primary N) is 1. The van der Waals surface area contributed by atoms with Crippen LogP contribution in [0.2, 0.25) is 0 Å². The summed E-state index contributed by atoms with van der Waals surface area (Å²) >= 11 is 0. The van der Waals surface area contributed by atoms with E-state index >= 15 is 0 Å². The van der Waals surface area contributed by atoms with Gasteiger partial charge in [-0.05, 0) is 44.7 Å². The number of aliphatic carboxylic acids is 2. The van der Waals surface area contributed by atoms with E-state index in [1.165, 1.54) is 0 Å². The number of fused-ring (bicyclic) bond motifs is 1. The Morgan fingerprint density at radius 3 is 2.09 bits per heavy atom. The highest BCUT2D eigenvalue weighted by atomic mass is 19.4. The molecule has 8 N–H and O–H groups in total. The molecule has 1 aliphatic rings. The third-order valence-corrected chi connectivity index (χ3v) is 6.07. The predicted octanol–water partition coefficient (Wildman–Crippen LogP) is 3.96. The Bertz CT molecular complexity index is 1300. The minimum Gasteiger partial charge on any atom is -0.475 e. The molecule has 0 bridgehead atoms. The summed E-state index contributed by atoms with van der Waals surface area (Å²) in [4.78, 5) is 39.6. The van der Waals surface area contributed by atoms with E-state index < -0.39 is 24.3 Å². The quantitative estimate of drug-likeness (QED) is 0.0833. The molecule has 1 amide bonds. The minimum atomic E-state index is -5.08. The Kier molecular flexibility index (Phi) is 15.9. The van der Waals surface area contributed by atoms with Crippen molar-refractivity contribution < 1.29 is 55.7 Å².